The third-order valence-corrected chi connectivity index (χ3v) is 5.07. The van der Waals surface area contributed by atoms with E-state index in [1.807, 2.05) is 0 Å². The SMILES string of the molecule is Cl.NCc1nc(C(=O)N2CCN(C(=O)c3ccc(Cl)cc3F)CC2)cs1. The van der Waals surface area contributed by atoms with E-state index in [-0.39, 0.29) is 28.9 Å². The van der Waals surface area contributed by atoms with Crippen LogP contribution >= 0.6 is 35.3 Å². The van der Waals surface area contributed by atoms with Gasteiger partial charge in [0.1, 0.15) is 16.5 Å². The fraction of sp³-hybridized carbons (Fsp3) is 0.312. The van der Waals surface area contributed by atoms with E-state index in [9.17, 15) is 14.0 Å². The number of hydrogen-bond acceptors (Lipinski definition) is 5. The summed E-state index contributed by atoms with van der Waals surface area (Å²) in [5.41, 5.74) is 5.86. The molecule has 1 aliphatic heterocycles. The highest BCUT2D eigenvalue weighted by Gasteiger charge is 2.27. The van der Waals surface area contributed by atoms with Gasteiger partial charge < -0.3 is 15.5 Å². The van der Waals surface area contributed by atoms with E-state index < -0.39 is 11.7 Å². The fourth-order valence-electron chi connectivity index (χ4n) is 2.61. The minimum atomic E-state index is -0.646. The van der Waals surface area contributed by atoms with E-state index >= 15 is 0 Å². The number of halogens is 3. The Bertz CT molecular complexity index is 809. The second kappa shape index (κ2) is 8.77. The number of nitrogens with zero attached hydrogens (tertiary/aromatic N) is 3. The van der Waals surface area contributed by atoms with Crippen LogP contribution in [0.3, 0.4) is 0 Å². The van der Waals surface area contributed by atoms with Crippen LogP contribution in [0.25, 0.3) is 0 Å². The summed E-state index contributed by atoms with van der Waals surface area (Å²) >= 11 is 7.06. The first-order chi connectivity index (χ1) is 12.0. The molecule has 26 heavy (non-hydrogen) atoms. The molecule has 0 unspecified atom stereocenters. The van der Waals surface area contributed by atoms with Gasteiger partial charge in [-0.3, -0.25) is 9.59 Å². The van der Waals surface area contributed by atoms with Crippen molar-refractivity contribution in [3.63, 3.8) is 0 Å². The molecule has 10 heteroatoms. The van der Waals surface area contributed by atoms with Crippen LogP contribution in [0.15, 0.2) is 23.6 Å². The van der Waals surface area contributed by atoms with Crippen LogP contribution in [0.2, 0.25) is 5.02 Å². The lowest BCUT2D eigenvalue weighted by Gasteiger charge is -2.34. The van der Waals surface area contributed by atoms with Crippen molar-refractivity contribution >= 4 is 47.2 Å². The molecule has 1 aliphatic rings. The molecule has 0 spiro atoms. The smallest absolute Gasteiger partial charge is 0.273 e. The predicted octanol–water partition coefficient (Wildman–Crippen LogP) is 2.41. The molecule has 3 rings (SSSR count). The van der Waals surface area contributed by atoms with Gasteiger partial charge in [-0.15, -0.1) is 23.7 Å². The van der Waals surface area contributed by atoms with Crippen molar-refractivity contribution in [2.24, 2.45) is 5.73 Å². The molecule has 0 aliphatic carbocycles. The molecular formula is C16H17Cl2FN4O2S. The van der Waals surface area contributed by atoms with Gasteiger partial charge in [0.15, 0.2) is 0 Å². The summed E-state index contributed by atoms with van der Waals surface area (Å²) < 4.78 is 13.9. The van der Waals surface area contributed by atoms with E-state index in [1.54, 1.807) is 10.3 Å². The van der Waals surface area contributed by atoms with Crippen LogP contribution in [0, 0.1) is 5.82 Å². The Balaban J connectivity index is 0.00000243. The number of benzene rings is 1. The Morgan fingerprint density at radius 1 is 1.19 bits per heavy atom. The Hall–Kier alpha value is -1.74. The highest BCUT2D eigenvalue weighted by atomic mass is 35.5. The first kappa shape index (κ1) is 20.6. The number of amides is 2. The normalized spacial score (nSPS) is 14.1. The van der Waals surface area contributed by atoms with Gasteiger partial charge >= 0.3 is 0 Å². The summed E-state index contributed by atoms with van der Waals surface area (Å²) in [4.78, 5) is 32.2. The lowest BCUT2D eigenvalue weighted by molar-refractivity contribution is 0.0530. The Labute approximate surface area is 165 Å². The predicted molar refractivity (Wildman–Crippen MR) is 100 cm³/mol. The van der Waals surface area contributed by atoms with Crippen molar-refractivity contribution in [2.75, 3.05) is 26.2 Å². The molecule has 2 N–H and O–H groups in total. The van der Waals surface area contributed by atoms with Crippen molar-refractivity contribution in [2.45, 2.75) is 6.54 Å². The standard InChI is InChI=1S/C16H16ClFN4O2S.ClH/c17-10-1-2-11(12(18)7-10)15(23)21-3-5-22(6-4-21)16(24)13-9-25-14(8-19)20-13;/h1-2,7,9H,3-6,8,19H2;1H. The maximum absolute atomic E-state index is 13.9. The fourth-order valence-corrected chi connectivity index (χ4v) is 3.42. The lowest BCUT2D eigenvalue weighted by atomic mass is 10.1. The molecule has 0 atom stereocenters. The van der Waals surface area contributed by atoms with Crippen molar-refractivity contribution in [1.82, 2.24) is 14.8 Å². The molecule has 1 fully saturated rings. The molecule has 140 valence electrons. The van der Waals surface area contributed by atoms with Crippen LogP contribution in [0.4, 0.5) is 4.39 Å². The van der Waals surface area contributed by atoms with Crippen LogP contribution in [0.1, 0.15) is 25.9 Å². The average molecular weight is 419 g/mol. The number of carbonyl (C=O) groups excluding carboxylic acids is 2. The quantitative estimate of drug-likeness (QED) is 0.829. The zero-order valence-corrected chi connectivity index (χ0v) is 16.0. The summed E-state index contributed by atoms with van der Waals surface area (Å²) in [5.74, 6) is -1.23. The molecule has 0 bridgehead atoms. The third-order valence-electron chi connectivity index (χ3n) is 3.96. The first-order valence-electron chi connectivity index (χ1n) is 7.67. The van der Waals surface area contributed by atoms with Gasteiger partial charge in [0.05, 0.1) is 5.56 Å². The molecule has 2 heterocycles. The number of carbonyl (C=O) groups is 2. The highest BCUT2D eigenvalue weighted by Crippen LogP contribution is 2.18. The summed E-state index contributed by atoms with van der Waals surface area (Å²) in [6, 6.07) is 3.97. The van der Waals surface area contributed by atoms with E-state index in [1.165, 1.54) is 28.4 Å². The van der Waals surface area contributed by atoms with E-state index in [0.29, 0.717) is 43.4 Å². The van der Waals surface area contributed by atoms with Gasteiger partial charge in [0, 0.05) is 43.1 Å². The number of aromatic nitrogens is 1. The Morgan fingerprint density at radius 3 is 2.35 bits per heavy atom. The van der Waals surface area contributed by atoms with E-state index in [2.05, 4.69) is 4.98 Å². The molecular weight excluding hydrogens is 402 g/mol. The van der Waals surface area contributed by atoms with Gasteiger partial charge in [0.2, 0.25) is 0 Å². The number of nitrogens with two attached hydrogens (primary N) is 1. The van der Waals surface area contributed by atoms with Crippen molar-refractivity contribution in [1.29, 1.82) is 0 Å². The summed E-state index contributed by atoms with van der Waals surface area (Å²) in [5, 5.41) is 2.63. The monoisotopic (exact) mass is 418 g/mol. The molecule has 0 radical (unpaired) electrons. The Kier molecular flexibility index (Phi) is 6.94. The molecule has 1 saturated heterocycles. The van der Waals surface area contributed by atoms with Crippen LogP contribution in [-0.2, 0) is 6.54 Å². The maximum Gasteiger partial charge on any atom is 0.273 e. The van der Waals surface area contributed by atoms with Crippen LogP contribution in [0.5, 0.6) is 0 Å². The molecule has 2 aromatic rings. The van der Waals surface area contributed by atoms with E-state index in [0.717, 1.165) is 6.07 Å². The largest absolute Gasteiger partial charge is 0.335 e. The molecule has 6 nitrogen and oxygen atoms in total. The first-order valence-corrected chi connectivity index (χ1v) is 8.93. The molecule has 1 aromatic carbocycles. The number of rotatable bonds is 3. The van der Waals surface area contributed by atoms with Gasteiger partial charge in [0.25, 0.3) is 11.8 Å². The number of thiazole rings is 1. The van der Waals surface area contributed by atoms with Crippen LogP contribution < -0.4 is 5.73 Å². The van der Waals surface area contributed by atoms with Crippen molar-refractivity contribution in [3.8, 4) is 0 Å². The van der Waals surface area contributed by atoms with Gasteiger partial charge in [-0.2, -0.15) is 0 Å². The van der Waals surface area contributed by atoms with Crippen molar-refractivity contribution < 1.29 is 14.0 Å². The Morgan fingerprint density at radius 2 is 1.81 bits per heavy atom. The van der Waals surface area contributed by atoms with Crippen molar-refractivity contribution in [3.05, 3.63) is 50.7 Å². The van der Waals surface area contributed by atoms with Gasteiger partial charge in [-0.25, -0.2) is 9.37 Å². The summed E-state index contributed by atoms with van der Waals surface area (Å²) in [6.45, 7) is 1.71. The van der Waals surface area contributed by atoms with Gasteiger partial charge in [-0.1, -0.05) is 11.6 Å². The number of piperazine rings is 1. The zero-order chi connectivity index (χ0) is 18.0. The number of hydrogen-bond donors (Lipinski definition) is 1. The molecule has 1 aromatic heterocycles. The summed E-state index contributed by atoms with van der Waals surface area (Å²) in [6.07, 6.45) is 0. The summed E-state index contributed by atoms with van der Waals surface area (Å²) in [7, 11) is 0. The average Bonchev–Trinajstić information content (AvgIpc) is 3.10. The minimum Gasteiger partial charge on any atom is -0.335 e. The van der Waals surface area contributed by atoms with Crippen LogP contribution in [-0.4, -0.2) is 52.8 Å². The topological polar surface area (TPSA) is 79.5 Å². The second-order valence-electron chi connectivity index (χ2n) is 5.54. The minimum absolute atomic E-state index is 0. The van der Waals surface area contributed by atoms with E-state index in [4.69, 9.17) is 17.3 Å². The zero-order valence-electron chi connectivity index (χ0n) is 13.7. The highest BCUT2D eigenvalue weighted by molar-refractivity contribution is 7.09. The molecule has 0 saturated carbocycles. The van der Waals surface area contributed by atoms with Gasteiger partial charge in [-0.05, 0) is 18.2 Å². The third kappa shape index (κ3) is 4.32. The second-order valence-corrected chi connectivity index (χ2v) is 6.92. The molecule has 2 amide bonds. The maximum atomic E-state index is 13.9. The lowest BCUT2D eigenvalue weighted by Crippen LogP contribution is -2.50.